The molecular formula is C8H14N2O4. The number of hydrogen-bond acceptors (Lipinski definition) is 3. The Morgan fingerprint density at radius 2 is 2.21 bits per heavy atom. The number of hydroxylamine groups is 1. The number of rotatable bonds is 5. The quantitative estimate of drug-likeness (QED) is 0.546. The van der Waals surface area contributed by atoms with Gasteiger partial charge in [-0.15, -0.1) is 0 Å². The zero-order valence-corrected chi connectivity index (χ0v) is 7.95. The number of nitrogens with one attached hydrogen (secondary N) is 2. The second-order valence-electron chi connectivity index (χ2n) is 3.47. The molecule has 6 heteroatoms. The predicted octanol–water partition coefficient (Wildman–Crippen LogP) is -0.0422. The number of carboxylic acids is 1. The highest BCUT2D eigenvalue weighted by molar-refractivity contribution is 5.73. The van der Waals surface area contributed by atoms with Crippen LogP contribution in [0, 0.1) is 11.8 Å². The molecule has 1 aliphatic carbocycles. The molecule has 14 heavy (non-hydrogen) atoms. The summed E-state index contributed by atoms with van der Waals surface area (Å²) in [5.74, 6) is 0.108. The molecular weight excluding hydrogens is 188 g/mol. The van der Waals surface area contributed by atoms with E-state index in [2.05, 4.69) is 17.1 Å². The van der Waals surface area contributed by atoms with E-state index in [0.29, 0.717) is 18.4 Å². The normalized spacial score (nSPS) is 24.1. The average molecular weight is 202 g/mol. The molecule has 3 N–H and O–H groups in total. The second-order valence-corrected chi connectivity index (χ2v) is 3.47. The number of urea groups is 1. The molecule has 0 heterocycles. The monoisotopic (exact) mass is 202 g/mol. The van der Waals surface area contributed by atoms with Gasteiger partial charge in [-0.25, -0.2) is 15.1 Å². The first-order valence-electron chi connectivity index (χ1n) is 4.47. The Hall–Kier alpha value is -1.30. The molecule has 2 unspecified atom stereocenters. The minimum Gasteiger partial charge on any atom is -0.479 e. The van der Waals surface area contributed by atoms with Crippen molar-refractivity contribution in [1.29, 1.82) is 0 Å². The Balaban J connectivity index is 1.96. The van der Waals surface area contributed by atoms with E-state index in [1.165, 1.54) is 0 Å². The third kappa shape index (κ3) is 4.08. The standard InChI is InChI=1S/C8H14N2O4/c1-5-2-6(5)3-9-8(13)10-14-4-7(11)12/h5-6H,2-4H2,1H3,(H,11,12)(H2,9,10,13). The molecule has 0 radical (unpaired) electrons. The summed E-state index contributed by atoms with van der Waals surface area (Å²) in [6.45, 7) is 2.20. The van der Waals surface area contributed by atoms with E-state index < -0.39 is 18.6 Å². The fourth-order valence-corrected chi connectivity index (χ4v) is 1.11. The third-order valence-electron chi connectivity index (χ3n) is 2.16. The van der Waals surface area contributed by atoms with Crippen LogP contribution in [-0.2, 0) is 9.63 Å². The van der Waals surface area contributed by atoms with Gasteiger partial charge >= 0.3 is 12.0 Å². The lowest BCUT2D eigenvalue weighted by Gasteiger charge is -2.05. The van der Waals surface area contributed by atoms with Crippen LogP contribution in [0.1, 0.15) is 13.3 Å². The van der Waals surface area contributed by atoms with E-state index in [9.17, 15) is 9.59 Å². The maximum absolute atomic E-state index is 10.9. The van der Waals surface area contributed by atoms with Gasteiger partial charge in [-0.05, 0) is 18.3 Å². The van der Waals surface area contributed by atoms with Crippen molar-refractivity contribution in [2.24, 2.45) is 11.8 Å². The number of amides is 2. The number of aliphatic carboxylic acids is 1. The summed E-state index contributed by atoms with van der Waals surface area (Å²) in [5.41, 5.74) is 1.98. The van der Waals surface area contributed by atoms with E-state index in [1.807, 2.05) is 5.48 Å². The minimum absolute atomic E-state index is 0.495. The van der Waals surface area contributed by atoms with Crippen LogP contribution in [0.3, 0.4) is 0 Å². The lowest BCUT2D eigenvalue weighted by atomic mass is 10.3. The summed E-state index contributed by atoms with van der Waals surface area (Å²) < 4.78 is 0. The first kappa shape index (κ1) is 10.8. The number of carbonyl (C=O) groups is 2. The van der Waals surface area contributed by atoms with Crippen molar-refractivity contribution in [2.75, 3.05) is 13.2 Å². The van der Waals surface area contributed by atoms with Crippen molar-refractivity contribution in [3.8, 4) is 0 Å². The Morgan fingerprint density at radius 1 is 1.57 bits per heavy atom. The second kappa shape index (κ2) is 4.80. The van der Waals surface area contributed by atoms with Crippen molar-refractivity contribution in [3.05, 3.63) is 0 Å². The van der Waals surface area contributed by atoms with Crippen LogP contribution in [0.25, 0.3) is 0 Å². The molecule has 1 saturated carbocycles. The molecule has 0 saturated heterocycles. The third-order valence-corrected chi connectivity index (χ3v) is 2.16. The number of carboxylic acid groups (broad SMARTS) is 1. The molecule has 6 nitrogen and oxygen atoms in total. The SMILES string of the molecule is CC1CC1CNC(=O)NOCC(=O)O. The Kier molecular flexibility index (Phi) is 3.70. The van der Waals surface area contributed by atoms with Crippen LogP contribution in [-0.4, -0.2) is 30.3 Å². The zero-order chi connectivity index (χ0) is 10.6. The van der Waals surface area contributed by atoms with Crippen LogP contribution >= 0.6 is 0 Å². The van der Waals surface area contributed by atoms with E-state index in [4.69, 9.17) is 5.11 Å². The zero-order valence-electron chi connectivity index (χ0n) is 7.95. The fraction of sp³-hybridized carbons (Fsp3) is 0.750. The molecule has 0 aliphatic heterocycles. The summed E-state index contributed by atoms with van der Waals surface area (Å²) in [6.07, 6.45) is 1.14. The number of hydrogen-bond donors (Lipinski definition) is 3. The van der Waals surface area contributed by atoms with Gasteiger partial charge in [-0.1, -0.05) is 6.92 Å². The van der Waals surface area contributed by atoms with Crippen LogP contribution in [0.5, 0.6) is 0 Å². The van der Waals surface area contributed by atoms with Crippen molar-refractivity contribution >= 4 is 12.0 Å². The van der Waals surface area contributed by atoms with Crippen molar-refractivity contribution < 1.29 is 19.5 Å². The molecule has 0 spiro atoms. The first-order valence-corrected chi connectivity index (χ1v) is 4.47. The maximum atomic E-state index is 10.9. The van der Waals surface area contributed by atoms with Gasteiger partial charge in [0, 0.05) is 6.54 Å². The summed E-state index contributed by atoms with van der Waals surface area (Å²) in [4.78, 5) is 25.3. The smallest absolute Gasteiger partial charge is 0.338 e. The van der Waals surface area contributed by atoms with Crippen molar-refractivity contribution in [3.63, 3.8) is 0 Å². The first-order chi connectivity index (χ1) is 6.59. The molecule has 1 aliphatic rings. The molecule has 1 fully saturated rings. The summed E-state index contributed by atoms with van der Waals surface area (Å²) in [5, 5.41) is 10.8. The lowest BCUT2D eigenvalue weighted by Crippen LogP contribution is -2.37. The highest BCUT2D eigenvalue weighted by atomic mass is 16.7. The van der Waals surface area contributed by atoms with Crippen molar-refractivity contribution in [2.45, 2.75) is 13.3 Å². The minimum atomic E-state index is -1.12. The molecule has 0 bridgehead atoms. The fourth-order valence-electron chi connectivity index (χ4n) is 1.11. The van der Waals surface area contributed by atoms with Crippen LogP contribution in [0.4, 0.5) is 4.79 Å². The van der Waals surface area contributed by atoms with Gasteiger partial charge in [-0.2, -0.15) is 0 Å². The van der Waals surface area contributed by atoms with Crippen LogP contribution in [0.2, 0.25) is 0 Å². The Labute approximate surface area is 81.6 Å². The Bertz CT molecular complexity index is 231. The lowest BCUT2D eigenvalue weighted by molar-refractivity contribution is -0.144. The van der Waals surface area contributed by atoms with Gasteiger partial charge in [0.15, 0.2) is 6.61 Å². The van der Waals surface area contributed by atoms with Crippen LogP contribution in [0.15, 0.2) is 0 Å². The molecule has 2 amide bonds. The largest absolute Gasteiger partial charge is 0.479 e. The van der Waals surface area contributed by atoms with E-state index >= 15 is 0 Å². The summed E-state index contributed by atoms with van der Waals surface area (Å²) >= 11 is 0. The van der Waals surface area contributed by atoms with Gasteiger partial charge in [0.1, 0.15) is 0 Å². The maximum Gasteiger partial charge on any atom is 0.338 e. The molecule has 1 rings (SSSR count). The highest BCUT2D eigenvalue weighted by Crippen LogP contribution is 2.36. The van der Waals surface area contributed by atoms with E-state index in [-0.39, 0.29) is 0 Å². The molecule has 0 aromatic rings. The summed E-state index contributed by atoms with van der Waals surface area (Å²) in [7, 11) is 0. The van der Waals surface area contributed by atoms with Gasteiger partial charge in [-0.3, -0.25) is 4.84 Å². The van der Waals surface area contributed by atoms with Crippen molar-refractivity contribution in [1.82, 2.24) is 10.8 Å². The Morgan fingerprint density at radius 3 is 2.71 bits per heavy atom. The molecule has 0 aromatic carbocycles. The van der Waals surface area contributed by atoms with Gasteiger partial charge < -0.3 is 10.4 Å². The van der Waals surface area contributed by atoms with Gasteiger partial charge in [0.25, 0.3) is 0 Å². The van der Waals surface area contributed by atoms with Gasteiger partial charge in [0.2, 0.25) is 0 Å². The van der Waals surface area contributed by atoms with Crippen LogP contribution < -0.4 is 10.8 Å². The molecule has 2 atom stereocenters. The van der Waals surface area contributed by atoms with E-state index in [1.54, 1.807) is 0 Å². The topological polar surface area (TPSA) is 87.7 Å². The summed E-state index contributed by atoms with van der Waals surface area (Å²) in [6, 6.07) is -0.495. The molecule has 0 aromatic heterocycles. The predicted molar refractivity (Wildman–Crippen MR) is 47.4 cm³/mol. The van der Waals surface area contributed by atoms with E-state index in [0.717, 1.165) is 6.42 Å². The number of carbonyl (C=O) groups excluding carboxylic acids is 1. The highest BCUT2D eigenvalue weighted by Gasteiger charge is 2.32. The molecule has 80 valence electrons. The average Bonchev–Trinajstić information content (AvgIpc) is 2.78. The van der Waals surface area contributed by atoms with Gasteiger partial charge in [0.05, 0.1) is 0 Å².